The van der Waals surface area contributed by atoms with Crippen LogP contribution < -0.4 is 5.11 Å². The molecule has 0 spiro atoms. The van der Waals surface area contributed by atoms with E-state index in [2.05, 4.69) is 10.8 Å². The Hall–Kier alpha value is -1.07. The van der Waals surface area contributed by atoms with Gasteiger partial charge in [0.2, 0.25) is 0 Å². The predicted octanol–water partition coefficient (Wildman–Crippen LogP) is -0.208. The third-order valence-electron chi connectivity index (χ3n) is 2.25. The molecular weight excluding hydrogens is 199 g/mol. The van der Waals surface area contributed by atoms with Gasteiger partial charge < -0.3 is 9.90 Å². The Bertz CT molecular complexity index is 260. The van der Waals surface area contributed by atoms with Gasteiger partial charge in [-0.2, -0.15) is 13.2 Å². The predicted molar refractivity (Wildman–Crippen MR) is 39.8 cm³/mol. The lowest BCUT2D eigenvalue weighted by atomic mass is 10.1. The first-order valence-corrected chi connectivity index (χ1v) is 4.25. The number of carboxylic acid groups (broad SMARTS) is 1. The van der Waals surface area contributed by atoms with Gasteiger partial charge in [-0.25, -0.2) is 4.58 Å². The molecule has 2 rings (SSSR count). The average molecular weight is 209 g/mol. The number of carboxylic acids is 1. The summed E-state index contributed by atoms with van der Waals surface area (Å²) in [6, 6.07) is 0. The van der Waals surface area contributed by atoms with Gasteiger partial charge in [0.1, 0.15) is 25.3 Å². The molecule has 2 heterocycles. The maximum absolute atomic E-state index is 10.5. The largest absolute Gasteiger partial charge is 0.542 e. The fourth-order valence-electron chi connectivity index (χ4n) is 1.52. The molecule has 1 unspecified atom stereocenters. The fourth-order valence-corrected chi connectivity index (χ4v) is 1.52. The van der Waals surface area contributed by atoms with Crippen LogP contribution in [0.5, 0.6) is 0 Å². The molecule has 1 atom stereocenters. The number of fused-ring (bicyclic) bond motifs is 2. The minimum absolute atomic E-state index is 1.04. The van der Waals surface area contributed by atoms with E-state index in [0.29, 0.717) is 0 Å². The maximum Gasteiger partial charge on any atom is 0.430 e. The van der Waals surface area contributed by atoms with Crippen LogP contribution in [-0.4, -0.2) is 36.0 Å². The highest BCUT2D eigenvalue weighted by Gasteiger charge is 2.30. The molecule has 0 radical (unpaired) electrons. The number of alkyl halides is 3. The molecular formula is C8H10F3NO2. The summed E-state index contributed by atoms with van der Waals surface area (Å²) in [5.74, 6) is -1.97. The Labute approximate surface area is 78.8 Å². The molecule has 0 amide bonds. The van der Waals surface area contributed by atoms with Crippen LogP contribution in [0.25, 0.3) is 0 Å². The van der Waals surface area contributed by atoms with Crippen molar-refractivity contribution in [2.24, 2.45) is 5.92 Å². The van der Waals surface area contributed by atoms with Crippen LogP contribution in [0, 0.1) is 5.92 Å². The van der Waals surface area contributed by atoms with Crippen molar-refractivity contribution >= 4 is 12.2 Å². The zero-order chi connectivity index (χ0) is 10.8. The number of carbonyl (C=O) groups excluding carboxylic acids is 1. The molecule has 80 valence electrons. The number of carbonyl (C=O) groups is 1. The van der Waals surface area contributed by atoms with Crippen molar-refractivity contribution in [3.63, 3.8) is 0 Å². The summed E-state index contributed by atoms with van der Waals surface area (Å²) in [6.45, 7) is 2.70. The molecule has 14 heavy (non-hydrogen) atoms. The van der Waals surface area contributed by atoms with Crippen molar-refractivity contribution in [3.05, 3.63) is 0 Å². The molecule has 2 bridgehead atoms. The monoisotopic (exact) mass is 209 g/mol. The number of hydrogen-bond acceptors (Lipinski definition) is 2. The van der Waals surface area contributed by atoms with Gasteiger partial charge in [0.25, 0.3) is 0 Å². The van der Waals surface area contributed by atoms with Crippen LogP contribution in [0.4, 0.5) is 13.2 Å². The summed E-state index contributed by atoms with van der Waals surface area (Å²) in [4.78, 5) is 8.78. The zero-order valence-electron chi connectivity index (χ0n) is 7.38. The van der Waals surface area contributed by atoms with Gasteiger partial charge in [-0.3, -0.25) is 0 Å². The molecule has 0 aliphatic carbocycles. The fraction of sp³-hybridized carbons (Fsp3) is 0.750. The van der Waals surface area contributed by atoms with E-state index >= 15 is 0 Å². The van der Waals surface area contributed by atoms with E-state index in [1.807, 2.05) is 0 Å². The first-order valence-electron chi connectivity index (χ1n) is 4.25. The van der Waals surface area contributed by atoms with Crippen molar-refractivity contribution in [2.45, 2.75) is 19.0 Å². The van der Waals surface area contributed by atoms with Gasteiger partial charge in [-0.05, 0) is 0 Å². The van der Waals surface area contributed by atoms with Crippen LogP contribution >= 0.6 is 0 Å². The first kappa shape index (κ1) is 11.0. The molecule has 3 nitrogen and oxygen atoms in total. The van der Waals surface area contributed by atoms with E-state index in [1.165, 1.54) is 25.9 Å². The van der Waals surface area contributed by atoms with Crippen molar-refractivity contribution in [2.75, 3.05) is 13.1 Å². The summed E-state index contributed by atoms with van der Waals surface area (Å²) in [6.07, 6.45) is -0.0370. The topological polar surface area (TPSA) is 43.1 Å². The standard InChI is InChI=1S/C6H10N.C2HF3O2/c1-3-7-4-2-6(1)5-7;3-2(4,5)1(6)7/h3,6H,1-2,4-5H2;(H,6,7)/q+1;/p-1. The maximum atomic E-state index is 10.5. The Morgan fingerprint density at radius 2 is 2.07 bits per heavy atom. The second kappa shape index (κ2) is 3.98. The van der Waals surface area contributed by atoms with Crippen LogP contribution in [0.15, 0.2) is 0 Å². The highest BCUT2D eigenvalue weighted by molar-refractivity contribution is 5.70. The smallest absolute Gasteiger partial charge is 0.430 e. The summed E-state index contributed by atoms with van der Waals surface area (Å²) in [5, 5.41) is 8.78. The third kappa shape index (κ3) is 3.01. The molecule has 0 N–H and O–H groups in total. The summed E-state index contributed by atoms with van der Waals surface area (Å²) in [5.41, 5.74) is 0. The lowest BCUT2D eigenvalue weighted by Crippen LogP contribution is -2.37. The van der Waals surface area contributed by atoms with Gasteiger partial charge in [0.05, 0.1) is 0 Å². The van der Waals surface area contributed by atoms with Crippen molar-refractivity contribution < 1.29 is 27.6 Å². The highest BCUT2D eigenvalue weighted by atomic mass is 19.4. The lowest BCUT2D eigenvalue weighted by Gasteiger charge is -2.03. The van der Waals surface area contributed by atoms with Crippen molar-refractivity contribution in [3.8, 4) is 0 Å². The van der Waals surface area contributed by atoms with Gasteiger partial charge in [-0.15, -0.1) is 0 Å². The first-order chi connectivity index (χ1) is 6.39. The number of hydrogen-bond donors (Lipinski definition) is 0. The second-order valence-electron chi connectivity index (χ2n) is 3.35. The van der Waals surface area contributed by atoms with Crippen LogP contribution in [0.3, 0.4) is 0 Å². The number of halogens is 3. The molecule has 0 aromatic carbocycles. The Morgan fingerprint density at radius 1 is 1.50 bits per heavy atom. The summed E-state index contributed by atoms with van der Waals surface area (Å²) < 4.78 is 34.0. The number of rotatable bonds is 0. The molecule has 1 saturated heterocycles. The molecule has 0 saturated carbocycles. The normalized spacial score (nSPS) is 23.9. The van der Waals surface area contributed by atoms with Gasteiger partial charge >= 0.3 is 6.18 Å². The van der Waals surface area contributed by atoms with E-state index in [1.54, 1.807) is 0 Å². The molecule has 0 aromatic rings. The highest BCUT2D eigenvalue weighted by Crippen LogP contribution is 2.19. The average Bonchev–Trinajstić information content (AvgIpc) is 2.65. The quantitative estimate of drug-likeness (QED) is 0.518. The van der Waals surface area contributed by atoms with Gasteiger partial charge in [0.15, 0.2) is 0 Å². The molecule has 6 heteroatoms. The van der Waals surface area contributed by atoms with Gasteiger partial charge in [-0.1, -0.05) is 0 Å². The van der Waals surface area contributed by atoms with Crippen molar-refractivity contribution in [1.29, 1.82) is 0 Å². The van der Waals surface area contributed by atoms with E-state index in [4.69, 9.17) is 9.90 Å². The van der Waals surface area contributed by atoms with Crippen molar-refractivity contribution in [1.82, 2.24) is 0 Å². The Kier molecular flexibility index (Phi) is 3.13. The van der Waals surface area contributed by atoms with E-state index < -0.39 is 12.1 Å². The lowest BCUT2D eigenvalue weighted by molar-refractivity contribution is -0.498. The molecule has 0 aromatic heterocycles. The minimum Gasteiger partial charge on any atom is -0.542 e. The van der Waals surface area contributed by atoms with Crippen LogP contribution in [0.1, 0.15) is 12.8 Å². The van der Waals surface area contributed by atoms with E-state index in [-0.39, 0.29) is 0 Å². The van der Waals surface area contributed by atoms with E-state index in [9.17, 15) is 13.2 Å². The molecule has 1 fully saturated rings. The van der Waals surface area contributed by atoms with Gasteiger partial charge in [0, 0.05) is 18.8 Å². The Balaban J connectivity index is 0.000000140. The third-order valence-corrected chi connectivity index (χ3v) is 2.25. The number of aliphatic carboxylic acids is 1. The zero-order valence-corrected chi connectivity index (χ0v) is 7.38. The summed E-state index contributed by atoms with van der Waals surface area (Å²) >= 11 is 0. The molecule has 2 aliphatic heterocycles. The van der Waals surface area contributed by atoms with Crippen LogP contribution in [0.2, 0.25) is 0 Å². The SMILES string of the molecule is C1=[N+]2CCC(C1)C2.O=C([O-])C(F)(F)F. The summed E-state index contributed by atoms with van der Waals surface area (Å²) in [7, 11) is 0. The minimum atomic E-state index is -5.19. The Morgan fingerprint density at radius 3 is 2.14 bits per heavy atom. The van der Waals surface area contributed by atoms with E-state index in [0.717, 1.165) is 5.92 Å². The molecule has 2 aliphatic rings. The second-order valence-corrected chi connectivity index (χ2v) is 3.35. The number of nitrogens with zero attached hydrogens (tertiary/aromatic N) is 1. The van der Waals surface area contributed by atoms with Crippen LogP contribution in [-0.2, 0) is 4.79 Å².